The maximum atomic E-state index is 12.4. The zero-order valence-corrected chi connectivity index (χ0v) is 14.4. The summed E-state index contributed by atoms with van der Waals surface area (Å²) < 4.78 is 32.7. The van der Waals surface area contributed by atoms with E-state index in [1.165, 1.54) is 13.2 Å². The molecule has 1 aromatic carbocycles. The third kappa shape index (κ3) is 5.14. The number of ether oxygens (including phenoxy) is 1. The average molecular weight is 335 g/mol. The van der Waals surface area contributed by atoms with Gasteiger partial charge in [-0.2, -0.15) is 0 Å². The maximum absolute atomic E-state index is 12.4. The summed E-state index contributed by atoms with van der Waals surface area (Å²) in [6.45, 7) is 4.94. The fourth-order valence-corrected chi connectivity index (χ4v) is 3.52. The first-order valence-electron chi connectivity index (χ1n) is 6.82. The van der Waals surface area contributed by atoms with Gasteiger partial charge < -0.3 is 10.1 Å². The van der Waals surface area contributed by atoms with E-state index in [0.717, 1.165) is 6.42 Å². The molecule has 0 aliphatic rings. The molecule has 7 heteroatoms. The van der Waals surface area contributed by atoms with Crippen molar-refractivity contribution in [3.05, 3.63) is 22.7 Å². The monoisotopic (exact) mass is 334 g/mol. The standard InChI is InChI=1S/C14H23ClN2O3S/c1-10(2)5-6-17-21(18,19)13-8-12(15)7-11(9-16-3)14(13)20-4/h7-8,10,16-17H,5-6,9H2,1-4H3. The van der Waals surface area contributed by atoms with E-state index in [1.807, 2.05) is 13.8 Å². The molecule has 0 aliphatic heterocycles. The molecule has 0 saturated carbocycles. The Morgan fingerprint density at radius 2 is 2.00 bits per heavy atom. The molecule has 0 fully saturated rings. The summed E-state index contributed by atoms with van der Waals surface area (Å²) in [6, 6.07) is 3.11. The molecule has 2 N–H and O–H groups in total. The van der Waals surface area contributed by atoms with Gasteiger partial charge in [0, 0.05) is 23.7 Å². The van der Waals surface area contributed by atoms with Crippen molar-refractivity contribution in [2.24, 2.45) is 5.92 Å². The zero-order valence-electron chi connectivity index (χ0n) is 12.9. The molecule has 0 radical (unpaired) electrons. The lowest BCUT2D eigenvalue weighted by Crippen LogP contribution is -2.26. The SMILES string of the molecule is CNCc1cc(Cl)cc(S(=O)(=O)NCCC(C)C)c1OC. The highest BCUT2D eigenvalue weighted by atomic mass is 35.5. The normalized spacial score (nSPS) is 11.9. The minimum absolute atomic E-state index is 0.0755. The Morgan fingerprint density at radius 1 is 1.33 bits per heavy atom. The largest absolute Gasteiger partial charge is 0.495 e. The molecular weight excluding hydrogens is 312 g/mol. The average Bonchev–Trinajstić information content (AvgIpc) is 2.37. The Morgan fingerprint density at radius 3 is 2.52 bits per heavy atom. The Kier molecular flexibility index (Phi) is 6.93. The first-order chi connectivity index (χ1) is 9.81. The molecule has 1 aromatic rings. The number of methoxy groups -OCH3 is 1. The van der Waals surface area contributed by atoms with Crippen molar-refractivity contribution in [3.63, 3.8) is 0 Å². The van der Waals surface area contributed by atoms with E-state index in [2.05, 4.69) is 10.0 Å². The summed E-state index contributed by atoms with van der Waals surface area (Å²) in [6.07, 6.45) is 0.769. The van der Waals surface area contributed by atoms with E-state index >= 15 is 0 Å². The summed E-state index contributed by atoms with van der Waals surface area (Å²) in [5, 5.41) is 3.33. The molecule has 120 valence electrons. The molecule has 0 heterocycles. The second-order valence-electron chi connectivity index (χ2n) is 5.21. The highest BCUT2D eigenvalue weighted by molar-refractivity contribution is 7.89. The van der Waals surface area contributed by atoms with E-state index in [0.29, 0.717) is 35.3 Å². The van der Waals surface area contributed by atoms with Gasteiger partial charge in [0.1, 0.15) is 10.6 Å². The molecule has 0 unspecified atom stereocenters. The van der Waals surface area contributed by atoms with Crippen LogP contribution in [0.1, 0.15) is 25.8 Å². The third-order valence-electron chi connectivity index (χ3n) is 2.97. The van der Waals surface area contributed by atoms with Crippen molar-refractivity contribution in [1.82, 2.24) is 10.0 Å². The molecule has 0 bridgehead atoms. The van der Waals surface area contributed by atoms with Gasteiger partial charge in [0.25, 0.3) is 0 Å². The van der Waals surface area contributed by atoms with Gasteiger partial charge in [-0.15, -0.1) is 0 Å². The number of nitrogens with one attached hydrogen (secondary N) is 2. The van der Waals surface area contributed by atoms with E-state index in [-0.39, 0.29) is 4.90 Å². The fourth-order valence-electron chi connectivity index (χ4n) is 1.94. The Hall–Kier alpha value is -0.820. The van der Waals surface area contributed by atoms with E-state index in [4.69, 9.17) is 16.3 Å². The van der Waals surface area contributed by atoms with Crippen molar-refractivity contribution in [2.75, 3.05) is 20.7 Å². The molecule has 0 amide bonds. The Balaban J connectivity index is 3.15. The summed E-state index contributed by atoms with van der Waals surface area (Å²) in [4.78, 5) is 0.0755. The highest BCUT2D eigenvalue weighted by Gasteiger charge is 2.22. The van der Waals surface area contributed by atoms with Crippen LogP contribution in [0, 0.1) is 5.92 Å². The van der Waals surface area contributed by atoms with Gasteiger partial charge in [-0.1, -0.05) is 25.4 Å². The van der Waals surface area contributed by atoms with Crippen LogP contribution in [0.15, 0.2) is 17.0 Å². The first-order valence-corrected chi connectivity index (χ1v) is 8.68. The van der Waals surface area contributed by atoms with Gasteiger partial charge in [0.2, 0.25) is 10.0 Å². The van der Waals surface area contributed by atoms with Crippen LogP contribution < -0.4 is 14.8 Å². The van der Waals surface area contributed by atoms with Crippen LogP contribution in [-0.4, -0.2) is 29.1 Å². The van der Waals surface area contributed by atoms with Crippen molar-refractivity contribution in [1.29, 1.82) is 0 Å². The lowest BCUT2D eigenvalue weighted by Gasteiger charge is -2.15. The second-order valence-corrected chi connectivity index (χ2v) is 7.38. The third-order valence-corrected chi connectivity index (χ3v) is 4.66. The van der Waals surface area contributed by atoms with E-state index in [1.54, 1.807) is 13.1 Å². The van der Waals surface area contributed by atoms with E-state index < -0.39 is 10.0 Å². The fraction of sp³-hybridized carbons (Fsp3) is 0.571. The Bertz CT molecular complexity index is 574. The quantitative estimate of drug-likeness (QED) is 0.766. The van der Waals surface area contributed by atoms with Crippen LogP contribution in [0.3, 0.4) is 0 Å². The lowest BCUT2D eigenvalue weighted by atomic mass is 10.1. The number of rotatable bonds is 8. The highest BCUT2D eigenvalue weighted by Crippen LogP contribution is 2.31. The first kappa shape index (κ1) is 18.2. The van der Waals surface area contributed by atoms with Crippen LogP contribution in [0.5, 0.6) is 5.75 Å². The maximum Gasteiger partial charge on any atom is 0.244 e. The van der Waals surface area contributed by atoms with Gasteiger partial charge in [0.15, 0.2) is 0 Å². The lowest BCUT2D eigenvalue weighted by molar-refractivity contribution is 0.396. The molecule has 21 heavy (non-hydrogen) atoms. The summed E-state index contributed by atoms with van der Waals surface area (Å²) in [5.74, 6) is 0.750. The molecule has 0 atom stereocenters. The smallest absolute Gasteiger partial charge is 0.244 e. The topological polar surface area (TPSA) is 67.4 Å². The molecule has 0 aliphatic carbocycles. The Labute approximate surface area is 132 Å². The molecule has 0 aromatic heterocycles. The van der Waals surface area contributed by atoms with Crippen LogP contribution >= 0.6 is 11.6 Å². The summed E-state index contributed by atoms with van der Waals surface area (Å²) in [5.41, 5.74) is 0.705. The predicted molar refractivity (Wildman–Crippen MR) is 85.4 cm³/mol. The van der Waals surface area contributed by atoms with Gasteiger partial charge in [-0.3, -0.25) is 0 Å². The predicted octanol–water partition coefficient (Wildman–Crippen LogP) is 2.39. The number of sulfonamides is 1. The molecular formula is C14H23ClN2O3S. The van der Waals surface area contributed by atoms with Crippen LogP contribution in [0.2, 0.25) is 5.02 Å². The summed E-state index contributed by atoms with van der Waals surface area (Å²) in [7, 11) is -0.422. The van der Waals surface area contributed by atoms with Gasteiger partial charge in [0.05, 0.1) is 7.11 Å². The number of hydrogen-bond acceptors (Lipinski definition) is 4. The van der Waals surface area contributed by atoms with Gasteiger partial charge in [-0.05, 0) is 31.5 Å². The summed E-state index contributed by atoms with van der Waals surface area (Å²) >= 11 is 6.03. The van der Waals surface area contributed by atoms with Crippen LogP contribution in [0.25, 0.3) is 0 Å². The van der Waals surface area contributed by atoms with Crippen molar-refractivity contribution in [3.8, 4) is 5.75 Å². The van der Waals surface area contributed by atoms with Crippen molar-refractivity contribution >= 4 is 21.6 Å². The van der Waals surface area contributed by atoms with Crippen molar-refractivity contribution in [2.45, 2.75) is 31.7 Å². The zero-order chi connectivity index (χ0) is 16.0. The second kappa shape index (κ2) is 7.98. The van der Waals surface area contributed by atoms with Crippen LogP contribution in [0.4, 0.5) is 0 Å². The molecule has 0 spiro atoms. The number of benzene rings is 1. The number of hydrogen-bond donors (Lipinski definition) is 2. The minimum Gasteiger partial charge on any atom is -0.495 e. The van der Waals surface area contributed by atoms with Gasteiger partial charge in [-0.25, -0.2) is 13.1 Å². The van der Waals surface area contributed by atoms with Crippen molar-refractivity contribution < 1.29 is 13.2 Å². The van der Waals surface area contributed by atoms with Crippen LogP contribution in [-0.2, 0) is 16.6 Å². The molecule has 1 rings (SSSR count). The van der Waals surface area contributed by atoms with E-state index in [9.17, 15) is 8.42 Å². The number of halogens is 1. The van der Waals surface area contributed by atoms with Gasteiger partial charge >= 0.3 is 0 Å². The molecule has 5 nitrogen and oxygen atoms in total. The minimum atomic E-state index is -3.65. The molecule has 0 saturated heterocycles.